The van der Waals surface area contributed by atoms with Crippen LogP contribution in [0.5, 0.6) is 0 Å². The minimum absolute atomic E-state index is 0.0924. The monoisotopic (exact) mass is 427 g/mol. The van der Waals surface area contributed by atoms with E-state index in [1.807, 2.05) is 0 Å². The second kappa shape index (κ2) is 6.54. The van der Waals surface area contributed by atoms with Gasteiger partial charge < -0.3 is 9.13 Å². The number of aryl methyl sites for hydroxylation is 3. The van der Waals surface area contributed by atoms with Gasteiger partial charge in [0.25, 0.3) is 0 Å². The van der Waals surface area contributed by atoms with Crippen molar-refractivity contribution in [3.05, 3.63) is 23.3 Å². The van der Waals surface area contributed by atoms with Crippen LogP contribution in [0.2, 0.25) is 0 Å². The normalized spacial score (nSPS) is 15.1. The Hall–Kier alpha value is -2.43. The Balaban J connectivity index is 2.02. The highest BCUT2D eigenvalue weighted by Crippen LogP contribution is 2.35. The Morgan fingerprint density at radius 2 is 1.90 bits per heavy atom. The number of nitrogens with zero attached hydrogens (tertiary/aromatic N) is 5. The number of pyridine rings is 1. The lowest BCUT2D eigenvalue weighted by Gasteiger charge is -2.16. The van der Waals surface area contributed by atoms with Crippen LogP contribution in [0.3, 0.4) is 0 Å². The van der Waals surface area contributed by atoms with Crippen molar-refractivity contribution in [3.8, 4) is 11.5 Å². The van der Waals surface area contributed by atoms with Crippen molar-refractivity contribution in [2.24, 2.45) is 7.05 Å². The second-order valence-electron chi connectivity index (χ2n) is 7.15. The molecule has 0 aliphatic carbocycles. The van der Waals surface area contributed by atoms with E-state index in [0.717, 1.165) is 18.9 Å². The molecule has 29 heavy (non-hydrogen) atoms. The Bertz CT molecular complexity index is 1220. The summed E-state index contributed by atoms with van der Waals surface area (Å²) in [5, 5.41) is 0.0924. The summed E-state index contributed by atoms with van der Waals surface area (Å²) in [7, 11) is -1.99. The summed E-state index contributed by atoms with van der Waals surface area (Å²) in [4.78, 5) is 12.6. The molecule has 0 saturated heterocycles. The lowest BCUT2D eigenvalue weighted by molar-refractivity contribution is -0.141. The van der Waals surface area contributed by atoms with Gasteiger partial charge in [-0.15, -0.1) is 0 Å². The van der Waals surface area contributed by atoms with Crippen LogP contribution in [0.1, 0.15) is 37.0 Å². The third kappa shape index (κ3) is 3.11. The van der Waals surface area contributed by atoms with E-state index in [2.05, 4.69) is 15.0 Å². The quantitative estimate of drug-likeness (QED) is 0.641. The largest absolute Gasteiger partial charge is 0.433 e. The highest BCUT2D eigenvalue weighted by Gasteiger charge is 2.35. The molecule has 4 rings (SSSR count). The first-order chi connectivity index (χ1) is 13.5. The van der Waals surface area contributed by atoms with Crippen LogP contribution in [0.25, 0.3) is 22.6 Å². The molecule has 0 atom stereocenters. The van der Waals surface area contributed by atoms with Gasteiger partial charge in [0.15, 0.2) is 20.7 Å². The zero-order valence-corrected chi connectivity index (χ0v) is 17.0. The smallest absolute Gasteiger partial charge is 0.324 e. The molecule has 0 unspecified atom stereocenters. The van der Waals surface area contributed by atoms with E-state index >= 15 is 0 Å². The third-order valence-electron chi connectivity index (χ3n) is 5.24. The topological polar surface area (TPSA) is 82.7 Å². The van der Waals surface area contributed by atoms with Crippen molar-refractivity contribution in [1.82, 2.24) is 24.1 Å². The molecule has 7 nitrogen and oxygen atoms in total. The van der Waals surface area contributed by atoms with Gasteiger partial charge >= 0.3 is 6.18 Å². The van der Waals surface area contributed by atoms with Crippen molar-refractivity contribution < 1.29 is 21.6 Å². The van der Waals surface area contributed by atoms with Crippen molar-refractivity contribution in [1.29, 1.82) is 0 Å². The molecule has 3 aromatic heterocycles. The molecule has 0 aromatic carbocycles. The summed E-state index contributed by atoms with van der Waals surface area (Å²) >= 11 is 0. The molecule has 0 amide bonds. The molecular weight excluding hydrogens is 407 g/mol. The van der Waals surface area contributed by atoms with Gasteiger partial charge in [-0.05, 0) is 25.8 Å². The first kappa shape index (κ1) is 19.9. The Labute approximate surface area is 165 Å². The number of halogens is 3. The van der Waals surface area contributed by atoms with E-state index in [0.29, 0.717) is 24.3 Å². The number of fused-ring (bicyclic) bond motifs is 2. The number of alkyl halides is 3. The number of imidazole rings is 2. The van der Waals surface area contributed by atoms with Gasteiger partial charge in [0.1, 0.15) is 17.2 Å². The highest BCUT2D eigenvalue weighted by atomic mass is 32.2. The van der Waals surface area contributed by atoms with Crippen LogP contribution in [0, 0.1) is 6.92 Å². The number of hydrogen-bond acceptors (Lipinski definition) is 5. The first-order valence-corrected chi connectivity index (χ1v) is 10.9. The maximum atomic E-state index is 13.2. The molecule has 1 aliphatic rings. The fourth-order valence-corrected chi connectivity index (χ4v) is 5.09. The van der Waals surface area contributed by atoms with E-state index in [9.17, 15) is 21.6 Å². The predicted octanol–water partition coefficient (Wildman–Crippen LogP) is 3.29. The molecule has 0 spiro atoms. The minimum atomic E-state index is -4.60. The number of sulfone groups is 1. The average Bonchev–Trinajstić information content (AvgIpc) is 3.19. The summed E-state index contributed by atoms with van der Waals surface area (Å²) in [6.45, 7) is 3.57. The summed E-state index contributed by atoms with van der Waals surface area (Å²) in [6, 6.07) is 0.885. The molecule has 0 radical (unpaired) electrons. The van der Waals surface area contributed by atoms with Crippen LogP contribution in [-0.2, 0) is 36.0 Å². The highest BCUT2D eigenvalue weighted by molar-refractivity contribution is 7.91. The zero-order valence-electron chi connectivity index (χ0n) is 16.2. The van der Waals surface area contributed by atoms with Crippen molar-refractivity contribution in [2.75, 3.05) is 5.75 Å². The van der Waals surface area contributed by atoms with Gasteiger partial charge in [-0.2, -0.15) is 13.2 Å². The lowest BCUT2D eigenvalue weighted by atomic mass is 10.2. The summed E-state index contributed by atoms with van der Waals surface area (Å²) in [6.07, 6.45) is -2.20. The molecule has 0 fully saturated rings. The van der Waals surface area contributed by atoms with Crippen molar-refractivity contribution >= 4 is 20.9 Å². The van der Waals surface area contributed by atoms with Crippen molar-refractivity contribution in [3.63, 3.8) is 0 Å². The van der Waals surface area contributed by atoms with E-state index in [1.54, 1.807) is 23.1 Å². The van der Waals surface area contributed by atoms with E-state index in [-0.39, 0.29) is 33.5 Å². The minimum Gasteiger partial charge on any atom is -0.324 e. The number of hydrogen-bond donors (Lipinski definition) is 0. The van der Waals surface area contributed by atoms with Gasteiger partial charge in [0.2, 0.25) is 0 Å². The fraction of sp³-hybridized carbons (Fsp3) is 0.500. The Morgan fingerprint density at radius 1 is 1.17 bits per heavy atom. The Morgan fingerprint density at radius 3 is 2.55 bits per heavy atom. The SMILES string of the molecule is CCS(=O)(=O)c1c(-c2nc3cc(C(F)(F)F)nc(C)c3n2C)nc2n1CCCC2. The fourth-order valence-electron chi connectivity index (χ4n) is 3.86. The second-order valence-corrected chi connectivity index (χ2v) is 9.34. The number of rotatable bonds is 3. The molecule has 11 heteroatoms. The van der Waals surface area contributed by atoms with Crippen LogP contribution in [0.4, 0.5) is 13.2 Å². The molecule has 0 bridgehead atoms. The summed E-state index contributed by atoms with van der Waals surface area (Å²) in [5.74, 6) is 0.780. The molecule has 1 aliphatic heterocycles. The zero-order chi connectivity index (χ0) is 21.1. The molecule has 3 aromatic rings. The molecular formula is C18H20F3N5O2S. The maximum absolute atomic E-state index is 13.2. The summed E-state index contributed by atoms with van der Waals surface area (Å²) < 4.78 is 68.4. The molecule has 156 valence electrons. The van der Waals surface area contributed by atoms with Gasteiger partial charge in [0, 0.05) is 20.0 Å². The molecule has 0 saturated carbocycles. The van der Waals surface area contributed by atoms with Crippen LogP contribution >= 0.6 is 0 Å². The van der Waals surface area contributed by atoms with Crippen LogP contribution in [-0.4, -0.2) is 38.3 Å². The van der Waals surface area contributed by atoms with Crippen molar-refractivity contribution in [2.45, 2.75) is 50.9 Å². The average molecular weight is 427 g/mol. The van der Waals surface area contributed by atoms with Gasteiger partial charge in [-0.25, -0.2) is 23.4 Å². The van der Waals surface area contributed by atoms with Gasteiger partial charge in [-0.1, -0.05) is 6.92 Å². The maximum Gasteiger partial charge on any atom is 0.433 e. The lowest BCUT2D eigenvalue weighted by Crippen LogP contribution is -2.17. The molecule has 0 N–H and O–H groups in total. The Kier molecular flexibility index (Phi) is 4.48. The molecule has 4 heterocycles. The predicted molar refractivity (Wildman–Crippen MR) is 100 cm³/mol. The van der Waals surface area contributed by atoms with E-state index in [1.165, 1.54) is 6.92 Å². The third-order valence-corrected chi connectivity index (χ3v) is 7.00. The standard InChI is InChI=1S/C18H20F3N5O2S/c1-4-29(27,28)17-14(24-13-7-5-6-8-26(13)17)16-23-11-9-12(18(19,20)21)22-10(2)15(11)25(16)3/h9H,4-8H2,1-3H3. The van der Waals surface area contributed by atoms with Crippen LogP contribution in [0.15, 0.2) is 11.1 Å². The van der Waals surface area contributed by atoms with Gasteiger partial charge in [0.05, 0.1) is 22.5 Å². The van der Waals surface area contributed by atoms with Crippen LogP contribution < -0.4 is 0 Å². The summed E-state index contributed by atoms with van der Waals surface area (Å²) in [5.41, 5.74) is -0.153. The first-order valence-electron chi connectivity index (χ1n) is 9.28. The number of aromatic nitrogens is 5. The van der Waals surface area contributed by atoms with E-state index in [4.69, 9.17) is 0 Å². The van der Waals surface area contributed by atoms with Gasteiger partial charge in [-0.3, -0.25) is 0 Å². The van der Waals surface area contributed by atoms with E-state index < -0.39 is 21.7 Å².